The van der Waals surface area contributed by atoms with Gasteiger partial charge in [0, 0.05) is 6.20 Å². The van der Waals surface area contributed by atoms with E-state index >= 15 is 0 Å². The van der Waals surface area contributed by atoms with Crippen molar-refractivity contribution < 1.29 is 9.13 Å². The maximum atomic E-state index is 11.6. The first kappa shape index (κ1) is 6.99. The average Bonchev–Trinajstić information content (AvgIpc) is 1.94. The summed E-state index contributed by atoms with van der Waals surface area (Å²) < 4.78 is 16.2. The van der Waals surface area contributed by atoms with Gasteiger partial charge in [-0.1, -0.05) is 0 Å². The molecule has 0 aromatic carbocycles. The predicted molar refractivity (Wildman–Crippen MR) is 35.6 cm³/mol. The van der Waals surface area contributed by atoms with Crippen molar-refractivity contribution in [2.45, 2.75) is 6.92 Å². The minimum Gasteiger partial charge on any atom is -0.461 e. The van der Waals surface area contributed by atoms with E-state index in [1.54, 1.807) is 25.3 Å². The minimum absolute atomic E-state index is 0.505. The maximum Gasteiger partial charge on any atom is 0.228 e. The summed E-state index contributed by atoms with van der Waals surface area (Å²) in [4.78, 5) is 3.91. The lowest BCUT2D eigenvalue weighted by Gasteiger charge is -2.01. The maximum absolute atomic E-state index is 11.6. The van der Waals surface area contributed by atoms with Gasteiger partial charge in [-0.15, -0.1) is 0 Å². The van der Waals surface area contributed by atoms with Crippen molar-refractivity contribution in [3.05, 3.63) is 24.0 Å². The number of hydrogen-bond acceptors (Lipinski definition) is 2. The molecule has 0 saturated carbocycles. The molecular formula is C7H8FNO. The number of aryl methyl sites for hydroxylation is 1. The second-order valence-electron chi connectivity index (χ2n) is 1.84. The van der Waals surface area contributed by atoms with Gasteiger partial charge < -0.3 is 4.74 Å². The standard InChI is InChI=1S/C7H8FNO/c1-6-7(10-5-8)3-2-4-9-6/h2-4H,5H2,1H3. The molecule has 0 aliphatic heterocycles. The molecule has 0 N–H and O–H groups in total. The SMILES string of the molecule is Cc1ncccc1OCF. The van der Waals surface area contributed by atoms with E-state index in [0.717, 1.165) is 0 Å². The molecule has 0 fully saturated rings. The van der Waals surface area contributed by atoms with Crippen LogP contribution in [-0.4, -0.2) is 11.8 Å². The Kier molecular flexibility index (Phi) is 2.20. The van der Waals surface area contributed by atoms with Crippen molar-refractivity contribution >= 4 is 0 Å². The van der Waals surface area contributed by atoms with Gasteiger partial charge in [0.2, 0.25) is 6.86 Å². The molecule has 3 heteroatoms. The number of alkyl halides is 1. The molecule has 10 heavy (non-hydrogen) atoms. The van der Waals surface area contributed by atoms with Crippen LogP contribution in [0, 0.1) is 6.92 Å². The number of aromatic nitrogens is 1. The minimum atomic E-state index is -0.799. The second kappa shape index (κ2) is 3.15. The molecule has 0 amide bonds. The average molecular weight is 141 g/mol. The highest BCUT2D eigenvalue weighted by molar-refractivity contribution is 5.24. The molecule has 0 aliphatic rings. The van der Waals surface area contributed by atoms with Crippen LogP contribution in [-0.2, 0) is 0 Å². The second-order valence-corrected chi connectivity index (χ2v) is 1.84. The van der Waals surface area contributed by atoms with Crippen LogP contribution in [0.25, 0.3) is 0 Å². The summed E-state index contributed by atoms with van der Waals surface area (Å²) in [6, 6.07) is 3.39. The van der Waals surface area contributed by atoms with Crippen LogP contribution in [0.1, 0.15) is 5.69 Å². The van der Waals surface area contributed by atoms with E-state index in [0.29, 0.717) is 11.4 Å². The molecule has 1 rings (SSSR count). The van der Waals surface area contributed by atoms with Crippen LogP contribution in [0.15, 0.2) is 18.3 Å². The summed E-state index contributed by atoms with van der Waals surface area (Å²) in [6.45, 7) is 0.970. The van der Waals surface area contributed by atoms with Crippen LogP contribution in [0.4, 0.5) is 4.39 Å². The first-order valence-corrected chi connectivity index (χ1v) is 2.95. The molecule has 0 radical (unpaired) electrons. The van der Waals surface area contributed by atoms with Crippen molar-refractivity contribution in [2.75, 3.05) is 6.86 Å². The van der Waals surface area contributed by atoms with Gasteiger partial charge in [-0.05, 0) is 19.1 Å². The number of ether oxygens (including phenoxy) is 1. The molecule has 54 valence electrons. The van der Waals surface area contributed by atoms with Crippen molar-refractivity contribution in [2.24, 2.45) is 0 Å². The van der Waals surface area contributed by atoms with Gasteiger partial charge in [0.05, 0.1) is 5.69 Å². The Balaban J connectivity index is 2.81. The van der Waals surface area contributed by atoms with E-state index in [4.69, 9.17) is 0 Å². The van der Waals surface area contributed by atoms with Gasteiger partial charge in [0.15, 0.2) is 0 Å². The monoisotopic (exact) mass is 141 g/mol. The third kappa shape index (κ3) is 1.43. The van der Waals surface area contributed by atoms with E-state index in [9.17, 15) is 4.39 Å². The summed E-state index contributed by atoms with van der Waals surface area (Å²) in [7, 11) is 0. The highest BCUT2D eigenvalue weighted by atomic mass is 19.1. The number of pyridine rings is 1. The lowest BCUT2D eigenvalue weighted by Crippen LogP contribution is -1.93. The Morgan fingerprint density at radius 1 is 1.70 bits per heavy atom. The zero-order chi connectivity index (χ0) is 7.40. The molecule has 1 heterocycles. The molecular weight excluding hydrogens is 133 g/mol. The van der Waals surface area contributed by atoms with Crippen LogP contribution in [0.3, 0.4) is 0 Å². The zero-order valence-corrected chi connectivity index (χ0v) is 5.67. The number of nitrogens with zero attached hydrogens (tertiary/aromatic N) is 1. The van der Waals surface area contributed by atoms with E-state index in [-0.39, 0.29) is 0 Å². The lowest BCUT2D eigenvalue weighted by atomic mass is 10.3. The Hall–Kier alpha value is -1.12. The summed E-state index contributed by atoms with van der Waals surface area (Å²) in [5, 5.41) is 0. The highest BCUT2D eigenvalue weighted by Crippen LogP contribution is 2.12. The fraction of sp³-hybridized carbons (Fsp3) is 0.286. The molecule has 1 aromatic rings. The summed E-state index contributed by atoms with van der Waals surface area (Å²) in [5.74, 6) is 0.505. The summed E-state index contributed by atoms with van der Waals surface area (Å²) >= 11 is 0. The third-order valence-corrected chi connectivity index (χ3v) is 1.17. The molecule has 0 spiro atoms. The lowest BCUT2D eigenvalue weighted by molar-refractivity contribution is 0.190. The number of hydrogen-bond donors (Lipinski definition) is 0. The molecule has 0 bridgehead atoms. The van der Waals surface area contributed by atoms with Gasteiger partial charge in [-0.25, -0.2) is 4.39 Å². The Morgan fingerprint density at radius 3 is 3.10 bits per heavy atom. The smallest absolute Gasteiger partial charge is 0.228 e. The van der Waals surface area contributed by atoms with Crippen molar-refractivity contribution in [3.8, 4) is 5.75 Å². The van der Waals surface area contributed by atoms with Gasteiger partial charge in [0.25, 0.3) is 0 Å². The number of rotatable bonds is 2. The Bertz CT molecular complexity index is 215. The summed E-state index contributed by atoms with van der Waals surface area (Å²) in [6.07, 6.45) is 1.64. The Labute approximate surface area is 58.7 Å². The quantitative estimate of drug-likeness (QED) is 0.625. The number of halogens is 1. The van der Waals surface area contributed by atoms with Gasteiger partial charge in [-0.2, -0.15) is 0 Å². The van der Waals surface area contributed by atoms with Gasteiger partial charge >= 0.3 is 0 Å². The first-order valence-electron chi connectivity index (χ1n) is 2.95. The van der Waals surface area contributed by atoms with Gasteiger partial charge in [-0.3, -0.25) is 4.98 Å². The first-order chi connectivity index (χ1) is 4.84. The van der Waals surface area contributed by atoms with E-state index < -0.39 is 6.86 Å². The van der Waals surface area contributed by atoms with E-state index in [2.05, 4.69) is 9.72 Å². The fourth-order valence-electron chi connectivity index (χ4n) is 0.681. The van der Waals surface area contributed by atoms with Crippen molar-refractivity contribution in [1.82, 2.24) is 4.98 Å². The molecule has 0 unspecified atom stereocenters. The van der Waals surface area contributed by atoms with Crippen molar-refractivity contribution in [3.63, 3.8) is 0 Å². The fourth-order valence-corrected chi connectivity index (χ4v) is 0.681. The topological polar surface area (TPSA) is 22.1 Å². The van der Waals surface area contributed by atoms with Crippen LogP contribution in [0.5, 0.6) is 5.75 Å². The van der Waals surface area contributed by atoms with Crippen molar-refractivity contribution in [1.29, 1.82) is 0 Å². The molecule has 2 nitrogen and oxygen atoms in total. The van der Waals surface area contributed by atoms with Gasteiger partial charge in [0.1, 0.15) is 5.75 Å². The highest BCUT2D eigenvalue weighted by Gasteiger charge is 1.95. The molecule has 0 aliphatic carbocycles. The van der Waals surface area contributed by atoms with Crippen LogP contribution in [0.2, 0.25) is 0 Å². The molecule has 1 aromatic heterocycles. The van der Waals surface area contributed by atoms with Crippen LogP contribution >= 0.6 is 0 Å². The van der Waals surface area contributed by atoms with Crippen LogP contribution < -0.4 is 4.74 Å². The largest absolute Gasteiger partial charge is 0.461 e. The normalized spacial score (nSPS) is 9.40. The predicted octanol–water partition coefficient (Wildman–Crippen LogP) is 1.70. The third-order valence-electron chi connectivity index (χ3n) is 1.17. The summed E-state index contributed by atoms with van der Waals surface area (Å²) in [5.41, 5.74) is 0.708. The molecule has 0 saturated heterocycles. The van der Waals surface area contributed by atoms with E-state index in [1.165, 1.54) is 0 Å². The zero-order valence-electron chi connectivity index (χ0n) is 5.67. The molecule has 0 atom stereocenters. The van der Waals surface area contributed by atoms with E-state index in [1.807, 2.05) is 0 Å². The Morgan fingerprint density at radius 2 is 2.50 bits per heavy atom.